The average molecular weight is 343 g/mol. The van der Waals surface area contributed by atoms with Gasteiger partial charge in [0.15, 0.2) is 5.76 Å². The first-order valence-corrected chi connectivity index (χ1v) is 8.67. The molecule has 0 spiro atoms. The quantitative estimate of drug-likeness (QED) is 0.738. The highest BCUT2D eigenvalue weighted by atomic mass is 32.1. The van der Waals surface area contributed by atoms with Crippen LogP contribution in [0, 0.1) is 6.92 Å². The Labute approximate surface area is 145 Å². The summed E-state index contributed by atoms with van der Waals surface area (Å²) in [4.78, 5) is 12.4. The van der Waals surface area contributed by atoms with Crippen molar-refractivity contribution >= 4 is 17.3 Å². The minimum atomic E-state index is 0.245. The third-order valence-corrected chi connectivity index (χ3v) is 4.33. The molecule has 3 rings (SSSR count). The number of hydrogen-bond acceptors (Lipinski definition) is 7. The number of likely N-dealkylation sites (N-methyl/N-ethyl adjacent to an activating group) is 1. The van der Waals surface area contributed by atoms with Crippen LogP contribution in [0.5, 0.6) is 0 Å². The summed E-state index contributed by atoms with van der Waals surface area (Å²) in [7, 11) is 4.09. The number of anilines is 1. The molecule has 0 saturated heterocycles. The van der Waals surface area contributed by atoms with Gasteiger partial charge in [-0.05, 0) is 39.4 Å². The molecule has 0 bridgehead atoms. The number of aryl methyl sites for hydroxylation is 1. The van der Waals surface area contributed by atoms with E-state index >= 15 is 0 Å². The molecule has 3 aromatic heterocycles. The minimum absolute atomic E-state index is 0.245. The Morgan fingerprint density at radius 2 is 2.21 bits per heavy atom. The normalized spacial score (nSPS) is 12.5. The Kier molecular flexibility index (Phi) is 4.92. The van der Waals surface area contributed by atoms with Gasteiger partial charge in [0.25, 0.3) is 0 Å². The monoisotopic (exact) mass is 343 g/mol. The van der Waals surface area contributed by atoms with Crippen LogP contribution in [0.1, 0.15) is 12.6 Å². The molecular formula is C17H21N5OS. The minimum Gasteiger partial charge on any atom is -0.356 e. The highest BCUT2D eigenvalue weighted by molar-refractivity contribution is 7.13. The van der Waals surface area contributed by atoms with Gasteiger partial charge in [-0.15, -0.1) is 11.3 Å². The average Bonchev–Trinajstić information content (AvgIpc) is 3.17. The predicted octanol–water partition coefficient (Wildman–Crippen LogP) is 3.53. The molecule has 0 aromatic carbocycles. The van der Waals surface area contributed by atoms with Gasteiger partial charge in [0.2, 0.25) is 5.95 Å². The molecule has 0 aliphatic rings. The van der Waals surface area contributed by atoms with Crippen LogP contribution >= 0.6 is 11.3 Å². The second-order valence-electron chi connectivity index (χ2n) is 6.07. The fourth-order valence-corrected chi connectivity index (χ4v) is 3.27. The summed E-state index contributed by atoms with van der Waals surface area (Å²) in [5.41, 5.74) is 2.54. The molecular weight excluding hydrogens is 322 g/mol. The molecule has 3 heterocycles. The topological polar surface area (TPSA) is 67.1 Å². The summed E-state index contributed by atoms with van der Waals surface area (Å²) in [6, 6.07) is 6.21. The van der Waals surface area contributed by atoms with E-state index in [2.05, 4.69) is 27.3 Å². The molecule has 0 saturated carbocycles. The Morgan fingerprint density at radius 3 is 2.83 bits per heavy atom. The number of rotatable bonds is 6. The highest BCUT2D eigenvalue weighted by Crippen LogP contribution is 2.33. The van der Waals surface area contributed by atoms with Gasteiger partial charge in [0.1, 0.15) is 0 Å². The Balaban J connectivity index is 1.96. The molecule has 0 aliphatic heterocycles. The van der Waals surface area contributed by atoms with Crippen LogP contribution in [0.25, 0.3) is 21.9 Å². The van der Waals surface area contributed by atoms with Gasteiger partial charge < -0.3 is 14.7 Å². The summed E-state index contributed by atoms with van der Waals surface area (Å²) in [6.45, 7) is 4.92. The molecule has 6 nitrogen and oxygen atoms in total. The first kappa shape index (κ1) is 16.6. The van der Waals surface area contributed by atoms with E-state index in [1.54, 1.807) is 17.5 Å². The molecule has 126 valence electrons. The Hall–Kier alpha value is -2.25. The van der Waals surface area contributed by atoms with Gasteiger partial charge in [-0.2, -0.15) is 0 Å². The van der Waals surface area contributed by atoms with Crippen molar-refractivity contribution in [1.82, 2.24) is 20.0 Å². The maximum absolute atomic E-state index is 5.41. The van der Waals surface area contributed by atoms with Crippen molar-refractivity contribution in [1.29, 1.82) is 0 Å². The highest BCUT2D eigenvalue weighted by Gasteiger charge is 2.16. The maximum atomic E-state index is 5.41. The van der Waals surface area contributed by atoms with Crippen LogP contribution < -0.4 is 5.32 Å². The molecule has 1 unspecified atom stereocenters. The van der Waals surface area contributed by atoms with Crippen LogP contribution in [0.2, 0.25) is 0 Å². The summed E-state index contributed by atoms with van der Waals surface area (Å²) < 4.78 is 5.41. The van der Waals surface area contributed by atoms with E-state index < -0.39 is 0 Å². The molecule has 24 heavy (non-hydrogen) atoms. The molecule has 0 fully saturated rings. The lowest BCUT2D eigenvalue weighted by Gasteiger charge is -2.18. The Bertz CT molecular complexity index is 797. The zero-order valence-corrected chi connectivity index (χ0v) is 15.1. The molecule has 3 aromatic rings. The van der Waals surface area contributed by atoms with Gasteiger partial charge in [-0.3, -0.25) is 0 Å². The third-order valence-electron chi connectivity index (χ3n) is 3.45. The standard InChI is InChI=1S/C17H21N5OS/c1-11-8-14(23-21-11)13-9-18-17(19-12(2)10-22(3)4)20-16(13)15-6-5-7-24-15/h5-9,12H,10H2,1-4H3,(H,18,19,20). The van der Waals surface area contributed by atoms with Crippen LogP contribution in [0.15, 0.2) is 34.3 Å². The maximum Gasteiger partial charge on any atom is 0.223 e. The predicted molar refractivity (Wildman–Crippen MR) is 97.2 cm³/mol. The number of aromatic nitrogens is 3. The van der Waals surface area contributed by atoms with Gasteiger partial charge in [0.05, 0.1) is 21.8 Å². The van der Waals surface area contributed by atoms with E-state index in [-0.39, 0.29) is 6.04 Å². The van der Waals surface area contributed by atoms with Crippen LogP contribution in [0.3, 0.4) is 0 Å². The van der Waals surface area contributed by atoms with Crippen LogP contribution in [0.4, 0.5) is 5.95 Å². The van der Waals surface area contributed by atoms with Crippen LogP contribution in [-0.2, 0) is 0 Å². The smallest absolute Gasteiger partial charge is 0.223 e. The van der Waals surface area contributed by atoms with Crippen LogP contribution in [-0.4, -0.2) is 46.7 Å². The van der Waals surface area contributed by atoms with Crippen molar-refractivity contribution in [3.8, 4) is 21.9 Å². The van der Waals surface area contributed by atoms with E-state index in [9.17, 15) is 0 Å². The van der Waals surface area contributed by atoms with Crippen molar-refractivity contribution in [3.63, 3.8) is 0 Å². The number of nitrogens with one attached hydrogen (secondary N) is 1. The Morgan fingerprint density at radius 1 is 1.38 bits per heavy atom. The lowest BCUT2D eigenvalue weighted by Crippen LogP contribution is -2.30. The molecule has 7 heteroatoms. The molecule has 0 amide bonds. The number of hydrogen-bond donors (Lipinski definition) is 1. The van der Waals surface area contributed by atoms with Crippen molar-refractivity contribution in [2.75, 3.05) is 26.0 Å². The second kappa shape index (κ2) is 7.11. The molecule has 1 atom stereocenters. The van der Waals surface area contributed by atoms with E-state index in [0.29, 0.717) is 11.7 Å². The van der Waals surface area contributed by atoms with Gasteiger partial charge in [0, 0.05) is 24.8 Å². The van der Waals surface area contributed by atoms with Gasteiger partial charge >= 0.3 is 0 Å². The first-order valence-electron chi connectivity index (χ1n) is 7.79. The van der Waals surface area contributed by atoms with Crippen molar-refractivity contribution in [3.05, 3.63) is 35.5 Å². The molecule has 1 N–H and O–H groups in total. The summed E-state index contributed by atoms with van der Waals surface area (Å²) in [5, 5.41) is 9.36. The molecule has 0 aliphatic carbocycles. The van der Waals surface area contributed by atoms with Crippen molar-refractivity contribution in [2.45, 2.75) is 19.9 Å². The van der Waals surface area contributed by atoms with Crippen molar-refractivity contribution in [2.24, 2.45) is 0 Å². The summed E-state index contributed by atoms with van der Waals surface area (Å²) >= 11 is 1.64. The van der Waals surface area contributed by atoms with E-state index in [1.165, 1.54) is 0 Å². The fraction of sp³-hybridized carbons (Fsp3) is 0.353. The van der Waals surface area contributed by atoms with Gasteiger partial charge in [-0.25, -0.2) is 9.97 Å². The zero-order chi connectivity index (χ0) is 17.1. The van der Waals surface area contributed by atoms with Crippen molar-refractivity contribution < 1.29 is 4.52 Å². The fourth-order valence-electron chi connectivity index (χ4n) is 2.54. The zero-order valence-electron chi connectivity index (χ0n) is 14.3. The SMILES string of the molecule is Cc1cc(-c2cnc(NC(C)CN(C)C)nc2-c2cccs2)on1. The molecule has 0 radical (unpaired) electrons. The number of nitrogens with zero attached hydrogens (tertiary/aromatic N) is 4. The lowest BCUT2D eigenvalue weighted by atomic mass is 10.1. The van der Waals surface area contributed by atoms with E-state index in [1.807, 2.05) is 44.6 Å². The van der Waals surface area contributed by atoms with E-state index in [0.717, 1.165) is 28.4 Å². The summed E-state index contributed by atoms with van der Waals surface area (Å²) in [6.07, 6.45) is 1.80. The number of thiophene rings is 1. The van der Waals surface area contributed by atoms with E-state index in [4.69, 9.17) is 9.51 Å². The van der Waals surface area contributed by atoms with Gasteiger partial charge in [-0.1, -0.05) is 11.2 Å². The third kappa shape index (κ3) is 3.80. The lowest BCUT2D eigenvalue weighted by molar-refractivity contribution is 0.391. The largest absolute Gasteiger partial charge is 0.356 e. The first-order chi connectivity index (χ1) is 11.5. The second-order valence-corrected chi connectivity index (χ2v) is 7.02. The summed E-state index contributed by atoms with van der Waals surface area (Å²) in [5.74, 6) is 1.30.